The number of hydrogen-bond donors (Lipinski definition) is 2. The Morgan fingerprint density at radius 1 is 1.03 bits per heavy atom. The number of likely N-dealkylation sites (tertiary alicyclic amines) is 1. The molecule has 1 aliphatic heterocycles. The van der Waals surface area contributed by atoms with Gasteiger partial charge in [-0.15, -0.1) is 0 Å². The molecule has 0 radical (unpaired) electrons. The highest BCUT2D eigenvalue weighted by Crippen LogP contribution is 2.46. The van der Waals surface area contributed by atoms with Crippen molar-refractivity contribution in [3.8, 4) is 5.75 Å². The summed E-state index contributed by atoms with van der Waals surface area (Å²) in [4.78, 5) is 42.6. The van der Waals surface area contributed by atoms with Gasteiger partial charge in [-0.2, -0.15) is 0 Å². The van der Waals surface area contributed by atoms with Crippen LogP contribution in [0.1, 0.15) is 80.4 Å². The van der Waals surface area contributed by atoms with Crippen LogP contribution in [0.3, 0.4) is 0 Å². The van der Waals surface area contributed by atoms with Crippen LogP contribution >= 0.6 is 0 Å². The highest BCUT2D eigenvalue weighted by Gasteiger charge is 2.63. The van der Waals surface area contributed by atoms with Crippen molar-refractivity contribution in [2.45, 2.75) is 72.1 Å². The van der Waals surface area contributed by atoms with Crippen LogP contribution in [0.2, 0.25) is 0 Å². The summed E-state index contributed by atoms with van der Waals surface area (Å²) in [5.74, 6) is 0.141. The average molecular weight is 537 g/mol. The minimum absolute atomic E-state index is 0.144. The molecule has 8 heteroatoms. The maximum Gasteiger partial charge on any atom is 0.327 e. The second-order valence-electron chi connectivity index (χ2n) is 10.6. The summed E-state index contributed by atoms with van der Waals surface area (Å²) in [6.07, 6.45) is 2.89. The molecule has 212 valence electrons. The Hall–Kier alpha value is -3.39. The number of nitrogens with one attached hydrogen (secondary N) is 2. The van der Waals surface area contributed by atoms with Gasteiger partial charge >= 0.3 is 6.03 Å². The number of urea groups is 1. The molecule has 1 heterocycles. The van der Waals surface area contributed by atoms with Crippen LogP contribution in [0.15, 0.2) is 48.5 Å². The lowest BCUT2D eigenvalue weighted by molar-refractivity contribution is -0.191. The van der Waals surface area contributed by atoms with Gasteiger partial charge in [-0.25, -0.2) is 9.69 Å². The van der Waals surface area contributed by atoms with Crippen LogP contribution < -0.4 is 15.4 Å². The summed E-state index contributed by atoms with van der Waals surface area (Å²) in [5, 5.41) is 6.00. The van der Waals surface area contributed by atoms with Gasteiger partial charge in [-0.05, 0) is 83.1 Å². The highest BCUT2D eigenvalue weighted by atomic mass is 16.5. The van der Waals surface area contributed by atoms with E-state index in [0.717, 1.165) is 36.9 Å². The fraction of sp³-hybridized carbons (Fsp3) is 0.516. The number of carbonyl (C=O) groups excluding carboxylic acids is 3. The molecule has 2 atom stereocenters. The van der Waals surface area contributed by atoms with Gasteiger partial charge < -0.3 is 20.3 Å². The molecule has 0 saturated carbocycles. The van der Waals surface area contributed by atoms with Crippen LogP contribution in [-0.4, -0.2) is 61.1 Å². The lowest BCUT2D eigenvalue weighted by Crippen LogP contribution is -2.73. The number of rotatable bonds is 13. The molecule has 0 aromatic heterocycles. The Bertz CT molecular complexity index is 1110. The third-order valence-electron chi connectivity index (χ3n) is 7.62. The molecule has 39 heavy (non-hydrogen) atoms. The Morgan fingerprint density at radius 3 is 2.23 bits per heavy atom. The number of benzene rings is 2. The van der Waals surface area contributed by atoms with E-state index >= 15 is 0 Å². The summed E-state index contributed by atoms with van der Waals surface area (Å²) in [6.45, 7) is 9.49. The van der Waals surface area contributed by atoms with Crippen molar-refractivity contribution in [3.63, 3.8) is 0 Å². The molecule has 0 bridgehead atoms. The molecule has 3 rings (SSSR count). The molecule has 4 amide bonds. The lowest BCUT2D eigenvalue weighted by Gasteiger charge is -2.53. The molecule has 8 nitrogen and oxygen atoms in total. The summed E-state index contributed by atoms with van der Waals surface area (Å²) in [7, 11) is 4.00. The first-order valence-electron chi connectivity index (χ1n) is 14.1. The number of amides is 4. The van der Waals surface area contributed by atoms with Crippen molar-refractivity contribution in [2.24, 2.45) is 5.41 Å². The second kappa shape index (κ2) is 13.6. The minimum Gasteiger partial charge on any atom is -0.469 e. The summed E-state index contributed by atoms with van der Waals surface area (Å²) in [6, 6.07) is 14.3. The van der Waals surface area contributed by atoms with Gasteiger partial charge in [-0.1, -0.05) is 57.0 Å². The van der Waals surface area contributed by atoms with Crippen LogP contribution in [0, 0.1) is 12.3 Å². The molecule has 2 aromatic carbocycles. The van der Waals surface area contributed by atoms with Crippen LogP contribution in [-0.2, 0) is 4.79 Å². The average Bonchev–Trinajstić information content (AvgIpc) is 2.92. The Balaban J connectivity index is 1.72. The lowest BCUT2D eigenvalue weighted by atomic mass is 9.72. The van der Waals surface area contributed by atoms with Crippen molar-refractivity contribution in [3.05, 3.63) is 65.2 Å². The maximum atomic E-state index is 13.5. The minimum atomic E-state index is -0.774. The number of aryl methyl sites for hydroxylation is 1. The van der Waals surface area contributed by atoms with E-state index in [9.17, 15) is 14.4 Å². The zero-order valence-corrected chi connectivity index (χ0v) is 24.3. The molecule has 1 fully saturated rings. The third kappa shape index (κ3) is 6.98. The quantitative estimate of drug-likeness (QED) is 0.268. The van der Waals surface area contributed by atoms with E-state index in [1.807, 2.05) is 59.1 Å². The van der Waals surface area contributed by atoms with Crippen molar-refractivity contribution < 1.29 is 19.1 Å². The number of imide groups is 1. The van der Waals surface area contributed by atoms with Gasteiger partial charge in [0.25, 0.3) is 5.91 Å². The number of β-lactam (4-membered cyclic amide) rings is 1. The molecule has 1 saturated heterocycles. The predicted octanol–water partition coefficient (Wildman–Crippen LogP) is 5.28. The van der Waals surface area contributed by atoms with Crippen molar-refractivity contribution >= 4 is 17.8 Å². The maximum absolute atomic E-state index is 13.5. The van der Waals surface area contributed by atoms with E-state index in [0.29, 0.717) is 30.7 Å². The number of carbonyl (C=O) groups is 3. The molecule has 0 spiro atoms. The number of ether oxygens (including phenoxy) is 1. The van der Waals surface area contributed by atoms with Gasteiger partial charge in [0.2, 0.25) is 5.91 Å². The molecule has 1 aliphatic rings. The van der Waals surface area contributed by atoms with Crippen molar-refractivity contribution in [1.82, 2.24) is 20.4 Å². The molecule has 2 unspecified atom stereocenters. The summed E-state index contributed by atoms with van der Waals surface area (Å²) in [5.41, 5.74) is 1.91. The van der Waals surface area contributed by atoms with Crippen LogP contribution in [0.4, 0.5) is 4.79 Å². The molecule has 2 aromatic rings. The Labute approximate surface area is 233 Å². The van der Waals surface area contributed by atoms with Crippen molar-refractivity contribution in [2.75, 3.05) is 27.2 Å². The fourth-order valence-corrected chi connectivity index (χ4v) is 5.04. The summed E-state index contributed by atoms with van der Waals surface area (Å²) < 4.78 is 6.28. The summed E-state index contributed by atoms with van der Waals surface area (Å²) >= 11 is 0. The Kier molecular flexibility index (Phi) is 10.5. The molecule has 0 aliphatic carbocycles. The zero-order valence-electron chi connectivity index (χ0n) is 24.3. The van der Waals surface area contributed by atoms with Crippen LogP contribution in [0.25, 0.3) is 0 Å². The van der Waals surface area contributed by atoms with Gasteiger partial charge in [0, 0.05) is 12.1 Å². The smallest absolute Gasteiger partial charge is 0.327 e. The zero-order chi connectivity index (χ0) is 28.6. The topological polar surface area (TPSA) is 91.0 Å². The second-order valence-corrected chi connectivity index (χ2v) is 10.6. The van der Waals surface area contributed by atoms with E-state index < -0.39 is 17.7 Å². The first-order valence-corrected chi connectivity index (χ1v) is 14.1. The SMILES string of the molecule is CCCC(NC(=O)N1C(=O)C(CC)(CC)C1Oc1ccc(C(=O)NCCCN(C)C)cc1)c1ccc(C)cc1. The largest absolute Gasteiger partial charge is 0.469 e. The van der Waals surface area contributed by atoms with E-state index in [2.05, 4.69) is 22.5 Å². The molecular formula is C31H44N4O4. The van der Waals surface area contributed by atoms with E-state index in [-0.39, 0.29) is 17.9 Å². The van der Waals surface area contributed by atoms with E-state index in [1.54, 1.807) is 24.3 Å². The number of hydrogen-bond acceptors (Lipinski definition) is 5. The molecule has 2 N–H and O–H groups in total. The van der Waals surface area contributed by atoms with Gasteiger partial charge in [0.05, 0.1) is 6.04 Å². The first kappa shape index (κ1) is 30.2. The van der Waals surface area contributed by atoms with Crippen LogP contribution in [0.5, 0.6) is 5.75 Å². The third-order valence-corrected chi connectivity index (χ3v) is 7.62. The fourth-order valence-electron chi connectivity index (χ4n) is 5.04. The van der Waals surface area contributed by atoms with Gasteiger partial charge in [0.15, 0.2) is 6.23 Å². The monoisotopic (exact) mass is 536 g/mol. The van der Waals surface area contributed by atoms with E-state index in [1.165, 1.54) is 4.90 Å². The molecular weight excluding hydrogens is 492 g/mol. The van der Waals surface area contributed by atoms with E-state index in [4.69, 9.17) is 4.74 Å². The standard InChI is InChI=1S/C31H44N4O4/c1-7-11-26(23-14-12-22(4)13-15-23)33-30(38)35-28(37)31(8-2,9-3)29(35)39-25-18-16-24(17-19-25)27(36)32-20-10-21-34(5)6/h12-19,26,29H,7-11,20-21H2,1-6H3,(H,32,36)(H,33,38). The normalized spacial score (nSPS) is 16.9. The first-order chi connectivity index (χ1) is 18.7. The van der Waals surface area contributed by atoms with Gasteiger partial charge in [0.1, 0.15) is 11.2 Å². The predicted molar refractivity (Wildman–Crippen MR) is 154 cm³/mol. The number of nitrogens with zero attached hydrogens (tertiary/aromatic N) is 2. The van der Waals surface area contributed by atoms with Gasteiger partial charge in [-0.3, -0.25) is 9.59 Å². The Morgan fingerprint density at radius 2 is 1.67 bits per heavy atom. The highest BCUT2D eigenvalue weighted by molar-refractivity contribution is 6.03. The van der Waals surface area contributed by atoms with Crippen molar-refractivity contribution in [1.29, 1.82) is 0 Å².